The lowest BCUT2D eigenvalue weighted by Crippen LogP contribution is -2.53. The molecule has 2 aromatic rings. The van der Waals surface area contributed by atoms with E-state index < -0.39 is 11.7 Å². The van der Waals surface area contributed by atoms with Crippen LogP contribution in [0.3, 0.4) is 0 Å². The smallest absolute Gasteiger partial charge is 0.323 e. The standard InChI is InChI=1S/C14H16FN5O3/c1-9-8-22-7-6-20(9)19-12(21)13-17-18-14(23-13)16-11-5-3-2-4-10(11)15/h2-5,9H,6-8H2,1H3,(H,16,18)(H,19,21). The van der Waals surface area contributed by atoms with E-state index in [0.29, 0.717) is 19.8 Å². The van der Waals surface area contributed by atoms with E-state index >= 15 is 0 Å². The number of anilines is 2. The zero-order valence-corrected chi connectivity index (χ0v) is 12.5. The molecule has 0 spiro atoms. The molecule has 0 saturated carbocycles. The second-order valence-corrected chi connectivity index (χ2v) is 5.08. The van der Waals surface area contributed by atoms with Crippen LogP contribution in [0, 0.1) is 5.82 Å². The van der Waals surface area contributed by atoms with Crippen molar-refractivity contribution in [2.75, 3.05) is 25.1 Å². The molecule has 0 aliphatic carbocycles. The van der Waals surface area contributed by atoms with E-state index in [-0.39, 0.29) is 23.6 Å². The number of ether oxygens (including phenoxy) is 1. The van der Waals surface area contributed by atoms with Crippen LogP contribution < -0.4 is 10.7 Å². The summed E-state index contributed by atoms with van der Waals surface area (Å²) in [4.78, 5) is 12.1. The predicted molar refractivity (Wildman–Crippen MR) is 78.4 cm³/mol. The summed E-state index contributed by atoms with van der Waals surface area (Å²) in [5.74, 6) is -1.19. The average Bonchev–Trinajstić information content (AvgIpc) is 3.01. The number of rotatable bonds is 4. The van der Waals surface area contributed by atoms with Gasteiger partial charge in [-0.05, 0) is 19.1 Å². The van der Waals surface area contributed by atoms with Crippen molar-refractivity contribution in [3.63, 3.8) is 0 Å². The Kier molecular flexibility index (Phi) is 4.49. The van der Waals surface area contributed by atoms with Crippen molar-refractivity contribution >= 4 is 17.6 Å². The number of amides is 1. The molecule has 2 heterocycles. The molecule has 1 saturated heterocycles. The highest BCUT2D eigenvalue weighted by Gasteiger charge is 2.23. The Balaban J connectivity index is 1.64. The van der Waals surface area contributed by atoms with Gasteiger partial charge in [-0.1, -0.05) is 17.2 Å². The second kappa shape index (κ2) is 6.71. The molecule has 1 aromatic carbocycles. The highest BCUT2D eigenvalue weighted by atomic mass is 19.1. The quantitative estimate of drug-likeness (QED) is 0.877. The summed E-state index contributed by atoms with van der Waals surface area (Å²) >= 11 is 0. The molecule has 1 unspecified atom stereocenters. The summed E-state index contributed by atoms with van der Waals surface area (Å²) < 4.78 is 24.0. The third-order valence-corrected chi connectivity index (χ3v) is 3.35. The molecule has 23 heavy (non-hydrogen) atoms. The first kappa shape index (κ1) is 15.4. The van der Waals surface area contributed by atoms with Gasteiger partial charge in [-0.2, -0.15) is 0 Å². The number of morpholine rings is 1. The number of halogens is 1. The van der Waals surface area contributed by atoms with Gasteiger partial charge >= 0.3 is 17.8 Å². The van der Waals surface area contributed by atoms with Gasteiger partial charge in [-0.15, -0.1) is 5.10 Å². The molecule has 0 bridgehead atoms. The minimum atomic E-state index is -0.521. The molecule has 1 fully saturated rings. The Morgan fingerprint density at radius 1 is 1.39 bits per heavy atom. The first-order valence-electron chi connectivity index (χ1n) is 7.14. The van der Waals surface area contributed by atoms with E-state index in [1.807, 2.05) is 6.92 Å². The molecular formula is C14H16FN5O3. The normalized spacial score (nSPS) is 18.6. The molecule has 1 aromatic heterocycles. The monoisotopic (exact) mass is 321 g/mol. The van der Waals surface area contributed by atoms with Crippen LogP contribution in [0.15, 0.2) is 28.7 Å². The van der Waals surface area contributed by atoms with E-state index in [9.17, 15) is 9.18 Å². The predicted octanol–water partition coefficient (Wildman–Crippen LogP) is 1.32. The van der Waals surface area contributed by atoms with Gasteiger partial charge in [0.05, 0.1) is 18.9 Å². The van der Waals surface area contributed by atoms with E-state index in [1.54, 1.807) is 17.1 Å². The van der Waals surface area contributed by atoms with Gasteiger partial charge in [0, 0.05) is 12.6 Å². The lowest BCUT2D eigenvalue weighted by Gasteiger charge is -2.32. The molecule has 1 amide bonds. The molecule has 122 valence electrons. The summed E-state index contributed by atoms with van der Waals surface area (Å²) in [5.41, 5.74) is 2.87. The number of nitrogens with zero attached hydrogens (tertiary/aromatic N) is 3. The van der Waals surface area contributed by atoms with Gasteiger partial charge in [-0.3, -0.25) is 10.2 Å². The molecule has 1 aliphatic heterocycles. The van der Waals surface area contributed by atoms with Crippen LogP contribution in [0.1, 0.15) is 17.6 Å². The Morgan fingerprint density at radius 2 is 2.22 bits per heavy atom. The van der Waals surface area contributed by atoms with E-state index in [4.69, 9.17) is 9.15 Å². The highest BCUT2D eigenvalue weighted by Crippen LogP contribution is 2.18. The maximum absolute atomic E-state index is 13.5. The second-order valence-electron chi connectivity index (χ2n) is 5.08. The van der Waals surface area contributed by atoms with Crippen molar-refractivity contribution in [2.24, 2.45) is 0 Å². The minimum Gasteiger partial charge on any atom is -0.399 e. The molecule has 0 radical (unpaired) electrons. The van der Waals surface area contributed by atoms with Crippen molar-refractivity contribution in [1.29, 1.82) is 0 Å². The average molecular weight is 321 g/mol. The number of hydrazine groups is 1. The Morgan fingerprint density at radius 3 is 3.00 bits per heavy atom. The van der Waals surface area contributed by atoms with Gasteiger partial charge in [0.15, 0.2) is 0 Å². The SMILES string of the molecule is CC1COCCN1NC(=O)c1nnc(Nc2ccccc2F)o1. The summed E-state index contributed by atoms with van der Waals surface area (Å²) in [7, 11) is 0. The molecule has 1 atom stereocenters. The maximum atomic E-state index is 13.5. The summed E-state index contributed by atoms with van der Waals surface area (Å²) in [6.45, 7) is 3.57. The van der Waals surface area contributed by atoms with Crippen LogP contribution in [0.5, 0.6) is 0 Å². The lowest BCUT2D eigenvalue weighted by molar-refractivity contribution is -0.0237. The number of carbonyl (C=O) groups is 1. The number of para-hydroxylation sites is 1. The minimum absolute atomic E-state index is 0.0478. The van der Waals surface area contributed by atoms with E-state index in [1.165, 1.54) is 12.1 Å². The largest absolute Gasteiger partial charge is 0.399 e. The van der Waals surface area contributed by atoms with Crippen LogP contribution in [0.2, 0.25) is 0 Å². The van der Waals surface area contributed by atoms with Crippen LogP contribution >= 0.6 is 0 Å². The van der Waals surface area contributed by atoms with Crippen molar-refractivity contribution in [3.8, 4) is 0 Å². The zero-order chi connectivity index (χ0) is 16.2. The molecular weight excluding hydrogens is 305 g/mol. The fourth-order valence-corrected chi connectivity index (χ4v) is 2.11. The fourth-order valence-electron chi connectivity index (χ4n) is 2.11. The van der Waals surface area contributed by atoms with Crippen LogP contribution in [0.25, 0.3) is 0 Å². The number of benzene rings is 1. The van der Waals surface area contributed by atoms with Gasteiger partial charge in [0.25, 0.3) is 0 Å². The number of hydrogen-bond acceptors (Lipinski definition) is 7. The third-order valence-electron chi connectivity index (χ3n) is 3.35. The first-order chi connectivity index (χ1) is 11.1. The van der Waals surface area contributed by atoms with E-state index in [2.05, 4.69) is 20.9 Å². The lowest BCUT2D eigenvalue weighted by atomic mass is 10.3. The van der Waals surface area contributed by atoms with Gasteiger partial charge in [0.1, 0.15) is 5.82 Å². The highest BCUT2D eigenvalue weighted by molar-refractivity contribution is 5.89. The Hall–Kier alpha value is -2.52. The maximum Gasteiger partial charge on any atom is 0.323 e. The number of carbonyl (C=O) groups excluding carboxylic acids is 1. The number of hydrogen-bond donors (Lipinski definition) is 2. The van der Waals surface area contributed by atoms with Crippen molar-refractivity contribution in [3.05, 3.63) is 36.0 Å². The van der Waals surface area contributed by atoms with E-state index in [0.717, 1.165) is 0 Å². The molecule has 2 N–H and O–H groups in total. The number of nitrogens with one attached hydrogen (secondary N) is 2. The van der Waals surface area contributed by atoms with Crippen molar-refractivity contribution in [1.82, 2.24) is 20.6 Å². The topological polar surface area (TPSA) is 92.5 Å². The molecule has 8 nitrogen and oxygen atoms in total. The first-order valence-corrected chi connectivity index (χ1v) is 7.14. The summed E-state index contributed by atoms with van der Waals surface area (Å²) in [5, 5.41) is 11.7. The Bertz CT molecular complexity index is 693. The molecule has 1 aliphatic rings. The van der Waals surface area contributed by atoms with Crippen LogP contribution in [0.4, 0.5) is 16.1 Å². The third kappa shape index (κ3) is 3.63. The Labute approximate surface area is 131 Å². The van der Waals surface area contributed by atoms with Gasteiger partial charge in [-0.25, -0.2) is 9.40 Å². The van der Waals surface area contributed by atoms with Crippen LogP contribution in [-0.2, 0) is 4.74 Å². The summed E-state index contributed by atoms with van der Waals surface area (Å²) in [6, 6.07) is 6.04. The van der Waals surface area contributed by atoms with Crippen molar-refractivity contribution in [2.45, 2.75) is 13.0 Å². The van der Waals surface area contributed by atoms with Crippen molar-refractivity contribution < 1.29 is 18.3 Å². The molecule has 9 heteroatoms. The summed E-state index contributed by atoms with van der Waals surface area (Å²) in [6.07, 6.45) is 0. The zero-order valence-electron chi connectivity index (χ0n) is 12.5. The molecule has 3 rings (SSSR count). The fraction of sp³-hybridized carbons (Fsp3) is 0.357. The van der Waals surface area contributed by atoms with Crippen LogP contribution in [-0.4, -0.2) is 46.9 Å². The van der Waals surface area contributed by atoms with Gasteiger partial charge < -0.3 is 14.5 Å². The number of aromatic nitrogens is 2. The van der Waals surface area contributed by atoms with Gasteiger partial charge in [0.2, 0.25) is 0 Å².